The number of hydrogen-bond donors (Lipinski definition) is 3. The first-order valence-corrected chi connectivity index (χ1v) is 13.6. The molecule has 3 N–H and O–H groups in total. The maximum absolute atomic E-state index is 13.5. The van der Waals surface area contributed by atoms with Crippen LogP contribution in [0, 0.1) is 5.92 Å². The summed E-state index contributed by atoms with van der Waals surface area (Å²) in [5.41, 5.74) is 0.903. The van der Waals surface area contributed by atoms with E-state index in [1.165, 1.54) is 26.2 Å². The number of methoxy groups -OCH3 is 1. The number of aliphatic hydroxyl groups excluding tert-OH is 2. The van der Waals surface area contributed by atoms with E-state index in [0.29, 0.717) is 18.6 Å². The topological polar surface area (TPSA) is 116 Å². The Morgan fingerprint density at radius 1 is 1.14 bits per heavy atom. The first-order valence-electron chi connectivity index (χ1n) is 12.2. The molecule has 4 atom stereocenters. The smallest absolute Gasteiger partial charge is 0.243 e. The molecule has 0 aliphatic heterocycles. The fourth-order valence-electron chi connectivity index (χ4n) is 4.33. The van der Waals surface area contributed by atoms with Gasteiger partial charge in [0, 0.05) is 25.6 Å². The Morgan fingerprint density at radius 3 is 2.53 bits per heavy atom. The second-order valence-corrected chi connectivity index (χ2v) is 11.2. The highest BCUT2D eigenvalue weighted by Crippen LogP contribution is 2.23. The summed E-state index contributed by atoms with van der Waals surface area (Å²) in [7, 11) is -2.62. The van der Waals surface area contributed by atoms with Crippen LogP contribution in [0.25, 0.3) is 0 Å². The van der Waals surface area contributed by atoms with Crippen LogP contribution in [0.1, 0.15) is 31.7 Å². The van der Waals surface area contributed by atoms with Gasteiger partial charge in [0.2, 0.25) is 15.9 Å². The summed E-state index contributed by atoms with van der Waals surface area (Å²) < 4.78 is 33.1. The Bertz CT molecular complexity index is 1120. The van der Waals surface area contributed by atoms with Crippen LogP contribution < -0.4 is 10.1 Å². The van der Waals surface area contributed by atoms with Gasteiger partial charge in [0.05, 0.1) is 30.3 Å². The lowest BCUT2D eigenvalue weighted by Crippen LogP contribution is -2.51. The van der Waals surface area contributed by atoms with Crippen LogP contribution in [0.2, 0.25) is 0 Å². The van der Waals surface area contributed by atoms with Crippen molar-refractivity contribution in [3.63, 3.8) is 0 Å². The van der Waals surface area contributed by atoms with Crippen LogP contribution in [0.3, 0.4) is 0 Å². The summed E-state index contributed by atoms with van der Waals surface area (Å²) in [6, 6.07) is 14.7. The van der Waals surface area contributed by atoms with Gasteiger partial charge < -0.3 is 20.3 Å². The Kier molecular flexibility index (Phi) is 10.1. The second-order valence-electron chi connectivity index (χ2n) is 9.25. The standard InChI is InChI=1S/C27H36N2O6S/c1-20(30)18-29(36(33,34)24-14-8-13-23(17-24)35-2)19-26(31)25(15-21-9-4-3-5-10-21)28-27(32)16-22-11-6-7-12-22/h3-6,8-11,13-14,17,20,22,25-26,30-31H,7,12,15-16,18-19H2,1-2H3,(H,28,32)/t20-,22-,25-,26+/m0/s1. The van der Waals surface area contributed by atoms with Crippen LogP contribution in [0.15, 0.2) is 71.6 Å². The molecular weight excluding hydrogens is 480 g/mol. The third kappa shape index (κ3) is 7.89. The Balaban J connectivity index is 1.82. The van der Waals surface area contributed by atoms with Crippen molar-refractivity contribution in [2.75, 3.05) is 20.2 Å². The predicted octanol–water partition coefficient (Wildman–Crippen LogP) is 2.51. The van der Waals surface area contributed by atoms with E-state index >= 15 is 0 Å². The van der Waals surface area contributed by atoms with Crippen molar-refractivity contribution in [2.45, 2.75) is 55.8 Å². The second kappa shape index (κ2) is 13.0. The van der Waals surface area contributed by atoms with E-state index in [-0.39, 0.29) is 29.8 Å². The van der Waals surface area contributed by atoms with Crippen LogP contribution >= 0.6 is 0 Å². The minimum Gasteiger partial charge on any atom is -0.497 e. The summed E-state index contributed by atoms with van der Waals surface area (Å²) >= 11 is 0. The Labute approximate surface area is 213 Å². The predicted molar refractivity (Wildman–Crippen MR) is 138 cm³/mol. The molecule has 3 rings (SSSR count). The molecule has 1 aliphatic rings. The third-order valence-electron chi connectivity index (χ3n) is 6.21. The minimum atomic E-state index is -4.07. The molecule has 36 heavy (non-hydrogen) atoms. The number of nitrogens with one attached hydrogen (secondary N) is 1. The molecule has 2 aromatic rings. The van der Waals surface area contributed by atoms with Gasteiger partial charge in [-0.05, 0) is 49.8 Å². The van der Waals surface area contributed by atoms with E-state index in [9.17, 15) is 23.4 Å². The van der Waals surface area contributed by atoms with Crippen LogP contribution in [0.4, 0.5) is 0 Å². The normalized spacial score (nSPS) is 18.1. The number of amides is 1. The molecule has 9 heteroatoms. The van der Waals surface area contributed by atoms with Gasteiger partial charge in [-0.3, -0.25) is 4.79 Å². The summed E-state index contributed by atoms with van der Waals surface area (Å²) in [6.07, 6.45) is 4.43. The fourth-order valence-corrected chi connectivity index (χ4v) is 5.91. The lowest BCUT2D eigenvalue weighted by molar-refractivity contribution is -0.123. The van der Waals surface area contributed by atoms with Gasteiger partial charge in [0.15, 0.2) is 0 Å². The Hall–Kier alpha value is -2.72. The highest BCUT2D eigenvalue weighted by Gasteiger charge is 2.32. The molecule has 2 aromatic carbocycles. The fraction of sp³-hybridized carbons (Fsp3) is 0.444. The number of sulfonamides is 1. The SMILES string of the molecule is COc1cccc(S(=O)(=O)N(C[C@H](C)O)C[C@@H](O)[C@H](Cc2ccccc2)NC(=O)C[C@H]2C=CCC2)c1. The van der Waals surface area contributed by atoms with Crippen LogP contribution in [-0.4, -0.2) is 67.3 Å². The third-order valence-corrected chi connectivity index (χ3v) is 8.03. The first kappa shape index (κ1) is 27.9. The van der Waals surface area contributed by atoms with Gasteiger partial charge in [-0.15, -0.1) is 0 Å². The van der Waals surface area contributed by atoms with Crippen molar-refractivity contribution in [1.29, 1.82) is 0 Å². The lowest BCUT2D eigenvalue weighted by atomic mass is 9.99. The van der Waals surface area contributed by atoms with Crippen molar-refractivity contribution >= 4 is 15.9 Å². The average molecular weight is 517 g/mol. The molecule has 196 valence electrons. The average Bonchev–Trinajstić information content (AvgIpc) is 3.36. The number of allylic oxidation sites excluding steroid dienone is 2. The highest BCUT2D eigenvalue weighted by atomic mass is 32.2. The number of benzene rings is 2. The van der Waals surface area contributed by atoms with Crippen molar-refractivity contribution < 1.29 is 28.2 Å². The van der Waals surface area contributed by atoms with E-state index in [1.54, 1.807) is 12.1 Å². The largest absolute Gasteiger partial charge is 0.497 e. The lowest BCUT2D eigenvalue weighted by Gasteiger charge is -2.30. The maximum Gasteiger partial charge on any atom is 0.243 e. The highest BCUT2D eigenvalue weighted by molar-refractivity contribution is 7.89. The van der Waals surface area contributed by atoms with Gasteiger partial charge >= 0.3 is 0 Å². The van der Waals surface area contributed by atoms with E-state index in [4.69, 9.17) is 4.74 Å². The Morgan fingerprint density at radius 2 is 1.89 bits per heavy atom. The first-order chi connectivity index (χ1) is 17.2. The molecule has 1 aliphatic carbocycles. The van der Waals surface area contributed by atoms with E-state index in [0.717, 1.165) is 22.7 Å². The van der Waals surface area contributed by atoms with Crippen LogP contribution in [0.5, 0.6) is 5.75 Å². The van der Waals surface area contributed by atoms with Gasteiger partial charge in [-0.25, -0.2) is 8.42 Å². The molecule has 0 spiro atoms. The molecule has 0 bridgehead atoms. The van der Waals surface area contributed by atoms with Crippen molar-refractivity contribution in [2.24, 2.45) is 5.92 Å². The van der Waals surface area contributed by atoms with E-state index < -0.39 is 28.3 Å². The monoisotopic (exact) mass is 516 g/mol. The van der Waals surface area contributed by atoms with Gasteiger partial charge in [0.1, 0.15) is 5.75 Å². The number of hydrogen-bond acceptors (Lipinski definition) is 6. The molecule has 8 nitrogen and oxygen atoms in total. The number of rotatable bonds is 13. The van der Waals surface area contributed by atoms with E-state index in [2.05, 4.69) is 11.4 Å². The molecule has 0 saturated heterocycles. The molecule has 0 radical (unpaired) electrons. The number of carbonyl (C=O) groups excluding carboxylic acids is 1. The maximum atomic E-state index is 13.5. The molecular formula is C27H36N2O6S. The molecule has 0 fully saturated rings. The van der Waals surface area contributed by atoms with Crippen molar-refractivity contribution in [3.8, 4) is 5.75 Å². The summed E-state index contributed by atoms with van der Waals surface area (Å²) in [5.74, 6) is 0.354. The van der Waals surface area contributed by atoms with Crippen molar-refractivity contribution in [1.82, 2.24) is 9.62 Å². The number of nitrogens with zero attached hydrogens (tertiary/aromatic N) is 1. The number of carbonyl (C=O) groups is 1. The zero-order chi connectivity index (χ0) is 26.1. The molecule has 1 amide bonds. The number of ether oxygens (including phenoxy) is 1. The summed E-state index contributed by atoms with van der Waals surface area (Å²) in [4.78, 5) is 12.8. The van der Waals surface area contributed by atoms with E-state index in [1.807, 2.05) is 36.4 Å². The summed E-state index contributed by atoms with van der Waals surface area (Å²) in [5, 5.41) is 24.2. The minimum absolute atomic E-state index is 0.00799. The van der Waals surface area contributed by atoms with Gasteiger partial charge in [-0.2, -0.15) is 4.31 Å². The number of aliphatic hydroxyl groups is 2. The molecule has 0 unspecified atom stereocenters. The van der Waals surface area contributed by atoms with Gasteiger partial charge in [-0.1, -0.05) is 48.6 Å². The van der Waals surface area contributed by atoms with Crippen LogP contribution in [-0.2, 0) is 21.2 Å². The quantitative estimate of drug-likeness (QED) is 0.352. The molecule has 0 saturated carbocycles. The van der Waals surface area contributed by atoms with Crippen molar-refractivity contribution in [3.05, 3.63) is 72.3 Å². The zero-order valence-electron chi connectivity index (χ0n) is 20.8. The van der Waals surface area contributed by atoms with Gasteiger partial charge in [0.25, 0.3) is 0 Å². The molecule has 0 aromatic heterocycles. The zero-order valence-corrected chi connectivity index (χ0v) is 21.6. The molecule has 0 heterocycles. The summed E-state index contributed by atoms with van der Waals surface area (Å²) in [6.45, 7) is 0.972.